The average Bonchev–Trinajstić information content (AvgIpc) is 2.37. The molecule has 0 aliphatic carbocycles. The molecule has 1 heterocycles. The topological polar surface area (TPSA) is 32.3 Å². The quantitative estimate of drug-likeness (QED) is 0.899. The van der Waals surface area contributed by atoms with Gasteiger partial charge in [0.15, 0.2) is 0 Å². The van der Waals surface area contributed by atoms with Crippen LogP contribution in [0.2, 0.25) is 0 Å². The summed E-state index contributed by atoms with van der Waals surface area (Å²) >= 11 is 0. The summed E-state index contributed by atoms with van der Waals surface area (Å²) in [6.45, 7) is 11.6. The number of hydrogen-bond donors (Lipinski definition) is 1. The molecule has 0 spiro atoms. The van der Waals surface area contributed by atoms with Crippen molar-refractivity contribution in [3.8, 4) is 0 Å². The maximum absolute atomic E-state index is 12.2. The molecule has 1 aromatic rings. The molecule has 0 atom stereocenters. The number of para-hydroxylation sites is 1. The molecule has 0 saturated heterocycles. The lowest BCUT2D eigenvalue weighted by atomic mass is 9.97. The van der Waals surface area contributed by atoms with Crippen molar-refractivity contribution < 1.29 is 4.79 Å². The normalized spacial score (nSPS) is 13.9. The summed E-state index contributed by atoms with van der Waals surface area (Å²) in [6, 6.07) is 7.85. The van der Waals surface area contributed by atoms with Crippen molar-refractivity contribution in [3.05, 3.63) is 61.0 Å². The average molecular weight is 254 g/mol. The van der Waals surface area contributed by atoms with Crippen LogP contribution in [0, 0.1) is 0 Å². The summed E-state index contributed by atoms with van der Waals surface area (Å²) in [5.41, 5.74) is 3.21. The molecule has 0 radical (unpaired) electrons. The Kier molecular flexibility index (Phi) is 3.56. The van der Waals surface area contributed by atoms with E-state index in [0.29, 0.717) is 5.57 Å². The number of carbonyl (C=O) groups excluding carboxylic acids is 1. The van der Waals surface area contributed by atoms with Crippen LogP contribution < -0.4 is 10.2 Å². The van der Waals surface area contributed by atoms with E-state index in [4.69, 9.17) is 0 Å². The minimum absolute atomic E-state index is 0.0766. The Balaban J connectivity index is 2.48. The highest BCUT2D eigenvalue weighted by Gasteiger charge is 2.23. The molecule has 0 bridgehead atoms. The Morgan fingerprint density at radius 2 is 2.05 bits per heavy atom. The van der Waals surface area contributed by atoms with Gasteiger partial charge in [0.25, 0.3) is 5.91 Å². The van der Waals surface area contributed by atoms with Gasteiger partial charge in [-0.15, -0.1) is 0 Å². The molecular weight excluding hydrogens is 236 g/mol. The number of carbonyl (C=O) groups is 1. The van der Waals surface area contributed by atoms with Gasteiger partial charge in [0.05, 0.1) is 11.3 Å². The maximum Gasteiger partial charge on any atom is 0.252 e. The van der Waals surface area contributed by atoms with Crippen LogP contribution in [0.4, 0.5) is 5.69 Å². The van der Waals surface area contributed by atoms with Crippen molar-refractivity contribution in [2.75, 3.05) is 4.90 Å². The summed E-state index contributed by atoms with van der Waals surface area (Å²) in [7, 11) is 0. The molecule has 0 aromatic heterocycles. The molecule has 19 heavy (non-hydrogen) atoms. The lowest BCUT2D eigenvalue weighted by molar-refractivity contribution is -0.116. The molecule has 3 nitrogen and oxygen atoms in total. The van der Waals surface area contributed by atoms with Gasteiger partial charge in [0.1, 0.15) is 0 Å². The van der Waals surface area contributed by atoms with Gasteiger partial charge in [-0.25, -0.2) is 0 Å². The van der Waals surface area contributed by atoms with Crippen LogP contribution in [-0.4, -0.2) is 11.9 Å². The molecule has 0 fully saturated rings. The summed E-state index contributed by atoms with van der Waals surface area (Å²) in [5.74, 6) is -0.0766. The largest absolute Gasteiger partial charge is 0.350 e. The first-order chi connectivity index (χ1) is 9.04. The molecule has 1 aliphatic heterocycles. The minimum Gasteiger partial charge on any atom is -0.350 e. The van der Waals surface area contributed by atoms with Crippen LogP contribution in [0.5, 0.6) is 0 Å². The fraction of sp³-hybridized carbons (Fsp3) is 0.188. The maximum atomic E-state index is 12.2. The number of rotatable bonds is 3. The molecule has 0 saturated carbocycles. The predicted octanol–water partition coefficient (Wildman–Crippen LogP) is 3.07. The second-order valence-corrected chi connectivity index (χ2v) is 4.75. The Morgan fingerprint density at radius 3 is 2.68 bits per heavy atom. The first-order valence-corrected chi connectivity index (χ1v) is 6.27. The Bertz CT molecular complexity index is 570. The number of hydrogen-bond acceptors (Lipinski definition) is 2. The fourth-order valence-corrected chi connectivity index (χ4v) is 2.12. The van der Waals surface area contributed by atoms with E-state index < -0.39 is 0 Å². The fourth-order valence-electron chi connectivity index (χ4n) is 2.12. The van der Waals surface area contributed by atoms with Gasteiger partial charge in [-0.1, -0.05) is 31.4 Å². The molecular formula is C16H18N2O. The number of allylic oxidation sites excluding steroid dienone is 1. The second kappa shape index (κ2) is 5.14. The summed E-state index contributed by atoms with van der Waals surface area (Å²) in [4.78, 5) is 14.1. The standard InChI is InChI=1S/C16H18N2O/c1-5-18-12(4)10-14(16(19)17-11(2)3)13-8-6-7-9-15(13)18/h5-11H,1,4H2,2-3H3,(H,17,19). The van der Waals surface area contributed by atoms with Crippen molar-refractivity contribution in [3.63, 3.8) is 0 Å². The van der Waals surface area contributed by atoms with E-state index in [0.717, 1.165) is 16.9 Å². The van der Waals surface area contributed by atoms with Crippen LogP contribution in [0.15, 0.2) is 55.4 Å². The highest BCUT2D eigenvalue weighted by Crippen LogP contribution is 2.35. The van der Waals surface area contributed by atoms with Crippen LogP contribution >= 0.6 is 0 Å². The lowest BCUT2D eigenvalue weighted by Gasteiger charge is -2.29. The molecule has 1 aromatic carbocycles. The number of amides is 1. The van der Waals surface area contributed by atoms with Crippen molar-refractivity contribution in [1.29, 1.82) is 0 Å². The molecule has 0 unspecified atom stereocenters. The van der Waals surface area contributed by atoms with E-state index in [1.165, 1.54) is 0 Å². The van der Waals surface area contributed by atoms with Crippen molar-refractivity contribution in [2.24, 2.45) is 0 Å². The molecule has 1 N–H and O–H groups in total. The SMILES string of the molecule is C=CN1C(=C)C=C(C(=O)NC(C)C)c2ccccc21. The second-order valence-electron chi connectivity index (χ2n) is 4.75. The number of nitrogens with zero attached hydrogens (tertiary/aromatic N) is 1. The predicted molar refractivity (Wildman–Crippen MR) is 79.5 cm³/mol. The molecule has 1 aliphatic rings. The monoisotopic (exact) mass is 254 g/mol. The van der Waals surface area contributed by atoms with E-state index in [1.54, 1.807) is 12.3 Å². The van der Waals surface area contributed by atoms with Gasteiger partial charge < -0.3 is 10.2 Å². The first-order valence-electron chi connectivity index (χ1n) is 6.27. The van der Waals surface area contributed by atoms with Gasteiger partial charge in [-0.3, -0.25) is 4.79 Å². The Morgan fingerprint density at radius 1 is 1.37 bits per heavy atom. The third kappa shape index (κ3) is 2.45. The number of anilines is 1. The zero-order chi connectivity index (χ0) is 14.0. The number of nitrogens with one attached hydrogen (secondary N) is 1. The number of fused-ring (bicyclic) bond motifs is 1. The van der Waals surface area contributed by atoms with Crippen molar-refractivity contribution in [1.82, 2.24) is 5.32 Å². The van der Waals surface area contributed by atoms with Gasteiger partial charge in [-0.2, -0.15) is 0 Å². The third-order valence-corrected chi connectivity index (χ3v) is 2.92. The van der Waals surface area contributed by atoms with E-state index in [9.17, 15) is 4.79 Å². The van der Waals surface area contributed by atoms with Crippen LogP contribution in [0.3, 0.4) is 0 Å². The smallest absolute Gasteiger partial charge is 0.252 e. The van der Waals surface area contributed by atoms with E-state index in [-0.39, 0.29) is 11.9 Å². The van der Waals surface area contributed by atoms with E-state index >= 15 is 0 Å². The summed E-state index contributed by atoms with van der Waals surface area (Å²) in [6.07, 6.45) is 3.50. The van der Waals surface area contributed by atoms with Gasteiger partial charge >= 0.3 is 0 Å². The summed E-state index contributed by atoms with van der Waals surface area (Å²) in [5, 5.41) is 2.91. The Hall–Kier alpha value is -2.29. The zero-order valence-corrected chi connectivity index (χ0v) is 11.3. The van der Waals surface area contributed by atoms with Gasteiger partial charge in [-0.05, 0) is 26.0 Å². The van der Waals surface area contributed by atoms with Crippen LogP contribution in [0.25, 0.3) is 5.57 Å². The molecule has 1 amide bonds. The van der Waals surface area contributed by atoms with Crippen LogP contribution in [0.1, 0.15) is 19.4 Å². The third-order valence-electron chi connectivity index (χ3n) is 2.92. The van der Waals surface area contributed by atoms with Crippen molar-refractivity contribution in [2.45, 2.75) is 19.9 Å². The molecule has 98 valence electrons. The zero-order valence-electron chi connectivity index (χ0n) is 11.3. The number of benzene rings is 1. The summed E-state index contributed by atoms with van der Waals surface area (Å²) < 4.78 is 0. The van der Waals surface area contributed by atoms with Crippen LogP contribution in [-0.2, 0) is 4.79 Å². The highest BCUT2D eigenvalue weighted by atomic mass is 16.1. The highest BCUT2D eigenvalue weighted by molar-refractivity contribution is 6.22. The van der Waals surface area contributed by atoms with E-state index in [2.05, 4.69) is 18.5 Å². The lowest BCUT2D eigenvalue weighted by Crippen LogP contribution is -2.32. The Labute approximate surface area is 113 Å². The van der Waals surface area contributed by atoms with Gasteiger partial charge in [0, 0.05) is 23.5 Å². The molecule has 3 heteroatoms. The van der Waals surface area contributed by atoms with Crippen molar-refractivity contribution >= 4 is 17.2 Å². The minimum atomic E-state index is -0.0766. The molecule has 2 rings (SSSR count). The van der Waals surface area contributed by atoms with E-state index in [1.807, 2.05) is 43.0 Å². The van der Waals surface area contributed by atoms with Gasteiger partial charge in [0.2, 0.25) is 0 Å². The first kappa shape index (κ1) is 13.1.